The van der Waals surface area contributed by atoms with Gasteiger partial charge in [0, 0.05) is 18.2 Å². The average Bonchev–Trinajstić information content (AvgIpc) is 2.91. The monoisotopic (exact) mass is 281 g/mol. The first-order valence-electron chi connectivity index (χ1n) is 6.35. The summed E-state index contributed by atoms with van der Waals surface area (Å²) in [5.74, 6) is -0.633. The SMILES string of the molecule is CC(c1ccco1)N(C)CC(O)c1ccc(F)cc1F. The molecule has 0 spiro atoms. The van der Waals surface area contributed by atoms with E-state index >= 15 is 0 Å². The molecule has 1 N–H and O–H groups in total. The molecule has 0 saturated carbocycles. The summed E-state index contributed by atoms with van der Waals surface area (Å²) in [5, 5.41) is 10.1. The van der Waals surface area contributed by atoms with Crippen molar-refractivity contribution >= 4 is 0 Å². The zero-order chi connectivity index (χ0) is 14.7. The van der Waals surface area contributed by atoms with Crippen LogP contribution in [0.4, 0.5) is 8.78 Å². The third kappa shape index (κ3) is 3.23. The van der Waals surface area contributed by atoms with E-state index in [1.165, 1.54) is 6.07 Å². The maximum atomic E-state index is 13.6. The van der Waals surface area contributed by atoms with Gasteiger partial charge in [-0.1, -0.05) is 6.07 Å². The van der Waals surface area contributed by atoms with Gasteiger partial charge < -0.3 is 9.52 Å². The van der Waals surface area contributed by atoms with Crippen LogP contribution in [0.15, 0.2) is 41.0 Å². The number of hydrogen-bond donors (Lipinski definition) is 1. The maximum Gasteiger partial charge on any atom is 0.131 e. The molecular formula is C15H17F2NO2. The Bertz CT molecular complexity index is 557. The van der Waals surface area contributed by atoms with Crippen LogP contribution in [0.2, 0.25) is 0 Å². The number of furan rings is 1. The first kappa shape index (κ1) is 14.7. The van der Waals surface area contributed by atoms with Crippen molar-refractivity contribution in [3.8, 4) is 0 Å². The van der Waals surface area contributed by atoms with Crippen molar-refractivity contribution in [2.45, 2.75) is 19.1 Å². The molecule has 2 atom stereocenters. The van der Waals surface area contributed by atoms with Crippen LogP contribution in [0.3, 0.4) is 0 Å². The second kappa shape index (κ2) is 6.15. The fraction of sp³-hybridized carbons (Fsp3) is 0.333. The van der Waals surface area contributed by atoms with Gasteiger partial charge in [0.2, 0.25) is 0 Å². The van der Waals surface area contributed by atoms with E-state index in [-0.39, 0.29) is 18.2 Å². The van der Waals surface area contributed by atoms with Crippen LogP contribution < -0.4 is 0 Å². The Morgan fingerprint density at radius 1 is 1.30 bits per heavy atom. The summed E-state index contributed by atoms with van der Waals surface area (Å²) in [6, 6.07) is 6.75. The molecule has 0 saturated heterocycles. The highest BCUT2D eigenvalue weighted by atomic mass is 19.1. The van der Waals surface area contributed by atoms with Gasteiger partial charge in [-0.25, -0.2) is 8.78 Å². The Labute approximate surface area is 116 Å². The highest BCUT2D eigenvalue weighted by Gasteiger charge is 2.20. The van der Waals surface area contributed by atoms with E-state index in [0.717, 1.165) is 17.9 Å². The fourth-order valence-corrected chi connectivity index (χ4v) is 2.05. The Morgan fingerprint density at radius 3 is 2.65 bits per heavy atom. The van der Waals surface area contributed by atoms with E-state index in [2.05, 4.69) is 0 Å². The molecule has 5 heteroatoms. The molecule has 1 aromatic carbocycles. The Morgan fingerprint density at radius 2 is 2.05 bits per heavy atom. The van der Waals surface area contributed by atoms with E-state index in [1.54, 1.807) is 19.4 Å². The summed E-state index contributed by atoms with van der Waals surface area (Å²) in [6.45, 7) is 2.14. The first-order valence-corrected chi connectivity index (χ1v) is 6.35. The molecule has 1 heterocycles. The number of likely N-dealkylation sites (N-methyl/N-ethyl adjacent to an activating group) is 1. The minimum absolute atomic E-state index is 0.0526. The van der Waals surface area contributed by atoms with Crippen molar-refractivity contribution in [3.05, 3.63) is 59.6 Å². The van der Waals surface area contributed by atoms with Gasteiger partial charge in [-0.15, -0.1) is 0 Å². The van der Waals surface area contributed by atoms with Crippen LogP contribution in [0, 0.1) is 11.6 Å². The predicted octanol–water partition coefficient (Wildman–Crippen LogP) is 3.28. The minimum Gasteiger partial charge on any atom is -0.468 e. The van der Waals surface area contributed by atoms with E-state index in [9.17, 15) is 13.9 Å². The number of aliphatic hydroxyl groups is 1. The molecule has 0 aliphatic rings. The third-order valence-corrected chi connectivity index (χ3v) is 3.40. The molecular weight excluding hydrogens is 264 g/mol. The highest BCUT2D eigenvalue weighted by molar-refractivity contribution is 5.21. The standard InChI is InChI=1S/C15H17F2NO2/c1-10(15-4-3-7-20-15)18(2)9-14(19)12-6-5-11(16)8-13(12)17/h3-8,10,14,19H,9H2,1-2H3. The quantitative estimate of drug-likeness (QED) is 0.913. The number of halogens is 2. The van der Waals surface area contributed by atoms with E-state index in [1.807, 2.05) is 17.9 Å². The van der Waals surface area contributed by atoms with Crippen molar-refractivity contribution in [2.75, 3.05) is 13.6 Å². The van der Waals surface area contributed by atoms with E-state index in [0.29, 0.717) is 0 Å². The summed E-state index contributed by atoms with van der Waals surface area (Å²) >= 11 is 0. The minimum atomic E-state index is -1.03. The molecule has 0 aliphatic heterocycles. The summed E-state index contributed by atoms with van der Waals surface area (Å²) in [4.78, 5) is 1.84. The van der Waals surface area contributed by atoms with Crippen LogP contribution in [-0.4, -0.2) is 23.6 Å². The molecule has 3 nitrogen and oxygen atoms in total. The van der Waals surface area contributed by atoms with Crippen LogP contribution >= 0.6 is 0 Å². The molecule has 0 bridgehead atoms. The summed E-state index contributed by atoms with van der Waals surface area (Å²) in [6.07, 6.45) is 0.549. The smallest absolute Gasteiger partial charge is 0.131 e. The van der Waals surface area contributed by atoms with Gasteiger partial charge >= 0.3 is 0 Å². The molecule has 0 radical (unpaired) electrons. The van der Waals surface area contributed by atoms with Gasteiger partial charge in [-0.05, 0) is 32.2 Å². The second-order valence-corrected chi connectivity index (χ2v) is 4.81. The molecule has 108 valence electrons. The lowest BCUT2D eigenvalue weighted by Crippen LogP contribution is -2.27. The molecule has 0 fully saturated rings. The maximum absolute atomic E-state index is 13.6. The van der Waals surface area contributed by atoms with Crippen LogP contribution in [0.25, 0.3) is 0 Å². The second-order valence-electron chi connectivity index (χ2n) is 4.81. The third-order valence-electron chi connectivity index (χ3n) is 3.40. The molecule has 0 amide bonds. The molecule has 2 aromatic rings. The van der Waals surface area contributed by atoms with Gasteiger partial charge in [0.1, 0.15) is 17.4 Å². The Kier molecular flexibility index (Phi) is 4.52. The Balaban J connectivity index is 2.05. The average molecular weight is 281 g/mol. The molecule has 20 heavy (non-hydrogen) atoms. The fourth-order valence-electron chi connectivity index (χ4n) is 2.05. The van der Waals surface area contributed by atoms with Gasteiger partial charge in [0.15, 0.2) is 0 Å². The summed E-state index contributed by atoms with van der Waals surface area (Å²) in [5.41, 5.74) is 0.0879. The van der Waals surface area contributed by atoms with Crippen molar-refractivity contribution in [1.29, 1.82) is 0 Å². The van der Waals surface area contributed by atoms with Crippen molar-refractivity contribution < 1.29 is 18.3 Å². The number of aliphatic hydroxyl groups excluding tert-OH is 1. The van der Waals surface area contributed by atoms with Gasteiger partial charge in [0.05, 0.1) is 18.4 Å². The summed E-state index contributed by atoms with van der Waals surface area (Å²) < 4.78 is 31.7. The number of nitrogens with zero attached hydrogens (tertiary/aromatic N) is 1. The van der Waals surface area contributed by atoms with Crippen molar-refractivity contribution in [2.24, 2.45) is 0 Å². The lowest BCUT2D eigenvalue weighted by atomic mass is 10.1. The largest absolute Gasteiger partial charge is 0.468 e. The molecule has 2 rings (SSSR count). The van der Waals surface area contributed by atoms with E-state index in [4.69, 9.17) is 4.42 Å². The molecule has 2 unspecified atom stereocenters. The van der Waals surface area contributed by atoms with Gasteiger partial charge in [-0.3, -0.25) is 4.90 Å². The van der Waals surface area contributed by atoms with Crippen LogP contribution in [-0.2, 0) is 0 Å². The van der Waals surface area contributed by atoms with Crippen molar-refractivity contribution in [1.82, 2.24) is 4.90 Å². The Hall–Kier alpha value is -1.72. The summed E-state index contributed by atoms with van der Waals surface area (Å²) in [7, 11) is 1.80. The molecule has 1 aromatic heterocycles. The zero-order valence-electron chi connectivity index (χ0n) is 11.4. The lowest BCUT2D eigenvalue weighted by Gasteiger charge is -2.25. The van der Waals surface area contributed by atoms with Crippen molar-refractivity contribution in [3.63, 3.8) is 0 Å². The molecule has 0 aliphatic carbocycles. The zero-order valence-corrected chi connectivity index (χ0v) is 11.4. The van der Waals surface area contributed by atoms with Gasteiger partial charge in [0.25, 0.3) is 0 Å². The van der Waals surface area contributed by atoms with Crippen LogP contribution in [0.5, 0.6) is 0 Å². The normalized spacial score (nSPS) is 14.5. The highest BCUT2D eigenvalue weighted by Crippen LogP contribution is 2.24. The lowest BCUT2D eigenvalue weighted by molar-refractivity contribution is 0.0996. The van der Waals surface area contributed by atoms with Crippen LogP contribution in [0.1, 0.15) is 30.4 Å². The number of benzene rings is 1. The van der Waals surface area contributed by atoms with Gasteiger partial charge in [-0.2, -0.15) is 0 Å². The topological polar surface area (TPSA) is 36.6 Å². The number of rotatable bonds is 5. The first-order chi connectivity index (χ1) is 9.49. The number of hydrogen-bond acceptors (Lipinski definition) is 3. The predicted molar refractivity (Wildman–Crippen MR) is 71.1 cm³/mol. The van der Waals surface area contributed by atoms with E-state index < -0.39 is 17.7 Å².